The van der Waals surface area contributed by atoms with Crippen LogP contribution in [0.1, 0.15) is 11.3 Å². The second-order valence-corrected chi connectivity index (χ2v) is 5.18. The van der Waals surface area contributed by atoms with E-state index in [0.29, 0.717) is 11.8 Å². The third kappa shape index (κ3) is 5.03. The SMILES string of the molecule is ClCCN(CCCl)c1ccc(/C=C\c2ccncn2)cc1. The molecule has 0 bridgehead atoms. The van der Waals surface area contributed by atoms with Gasteiger partial charge in [-0.15, -0.1) is 23.2 Å². The van der Waals surface area contributed by atoms with Gasteiger partial charge in [-0.2, -0.15) is 0 Å². The molecule has 110 valence electrons. The largest absolute Gasteiger partial charge is 0.369 e. The number of alkyl halides is 2. The number of rotatable bonds is 7. The van der Waals surface area contributed by atoms with Crippen molar-refractivity contribution >= 4 is 41.0 Å². The Balaban J connectivity index is 2.06. The lowest BCUT2D eigenvalue weighted by Crippen LogP contribution is -2.27. The summed E-state index contributed by atoms with van der Waals surface area (Å²) in [5.74, 6) is 1.18. The van der Waals surface area contributed by atoms with Crippen molar-refractivity contribution in [2.45, 2.75) is 0 Å². The van der Waals surface area contributed by atoms with Crippen LogP contribution in [-0.2, 0) is 0 Å². The molecule has 0 radical (unpaired) electrons. The van der Waals surface area contributed by atoms with Crippen LogP contribution in [0.3, 0.4) is 0 Å². The van der Waals surface area contributed by atoms with Crippen molar-refractivity contribution in [3.63, 3.8) is 0 Å². The van der Waals surface area contributed by atoms with Gasteiger partial charge >= 0.3 is 0 Å². The van der Waals surface area contributed by atoms with Crippen molar-refractivity contribution in [1.82, 2.24) is 9.97 Å². The summed E-state index contributed by atoms with van der Waals surface area (Å²) in [6.45, 7) is 1.59. The Labute approximate surface area is 135 Å². The highest BCUT2D eigenvalue weighted by molar-refractivity contribution is 6.18. The maximum Gasteiger partial charge on any atom is 0.115 e. The zero-order valence-corrected chi connectivity index (χ0v) is 13.1. The molecule has 1 heterocycles. The van der Waals surface area contributed by atoms with Crippen LogP contribution in [0.2, 0.25) is 0 Å². The van der Waals surface area contributed by atoms with E-state index in [1.165, 1.54) is 0 Å². The van der Waals surface area contributed by atoms with E-state index in [9.17, 15) is 0 Å². The minimum absolute atomic E-state index is 0.590. The van der Waals surface area contributed by atoms with Crippen LogP contribution >= 0.6 is 23.2 Å². The van der Waals surface area contributed by atoms with Gasteiger partial charge in [0.25, 0.3) is 0 Å². The molecular weight excluding hydrogens is 305 g/mol. The van der Waals surface area contributed by atoms with Crippen molar-refractivity contribution in [2.75, 3.05) is 29.7 Å². The Morgan fingerprint density at radius 3 is 2.24 bits per heavy atom. The van der Waals surface area contributed by atoms with Crippen LogP contribution < -0.4 is 4.90 Å². The molecule has 0 spiro atoms. The highest BCUT2D eigenvalue weighted by Gasteiger charge is 2.04. The summed E-state index contributed by atoms with van der Waals surface area (Å²) < 4.78 is 0. The molecule has 0 unspecified atom stereocenters. The van der Waals surface area contributed by atoms with E-state index in [1.807, 2.05) is 18.2 Å². The molecule has 0 saturated heterocycles. The highest BCUT2D eigenvalue weighted by Crippen LogP contribution is 2.17. The molecule has 3 nitrogen and oxygen atoms in total. The van der Waals surface area contributed by atoms with Gasteiger partial charge in [-0.1, -0.05) is 18.2 Å². The van der Waals surface area contributed by atoms with Crippen LogP contribution in [0.25, 0.3) is 12.2 Å². The van der Waals surface area contributed by atoms with Gasteiger partial charge in [-0.25, -0.2) is 9.97 Å². The summed E-state index contributed by atoms with van der Waals surface area (Å²) >= 11 is 11.6. The molecule has 0 atom stereocenters. The minimum Gasteiger partial charge on any atom is -0.369 e. The van der Waals surface area contributed by atoms with Crippen LogP contribution in [-0.4, -0.2) is 34.8 Å². The topological polar surface area (TPSA) is 29.0 Å². The molecule has 2 rings (SSSR count). The average molecular weight is 322 g/mol. The summed E-state index contributed by atoms with van der Waals surface area (Å²) in [6.07, 6.45) is 7.26. The molecule has 5 heteroatoms. The third-order valence-corrected chi connectivity index (χ3v) is 3.36. The first-order chi connectivity index (χ1) is 10.3. The zero-order chi connectivity index (χ0) is 14.9. The Bertz CT molecular complexity index is 549. The standard InChI is InChI=1S/C16H17Cl2N3/c17-8-11-21(12-9-18)16-5-2-14(3-6-16)1-4-15-7-10-19-13-20-15/h1-7,10,13H,8-9,11-12H2/b4-1-. The quantitative estimate of drug-likeness (QED) is 0.723. The van der Waals surface area contributed by atoms with Gasteiger partial charge in [0.2, 0.25) is 0 Å². The van der Waals surface area contributed by atoms with Crippen molar-refractivity contribution in [2.24, 2.45) is 0 Å². The molecule has 2 aromatic rings. The van der Waals surface area contributed by atoms with Crippen LogP contribution in [0.5, 0.6) is 0 Å². The van der Waals surface area contributed by atoms with E-state index < -0.39 is 0 Å². The molecule has 0 saturated carbocycles. The van der Waals surface area contributed by atoms with E-state index in [4.69, 9.17) is 23.2 Å². The molecule has 1 aromatic carbocycles. The Kier molecular flexibility index (Phi) is 6.51. The van der Waals surface area contributed by atoms with Gasteiger partial charge in [0, 0.05) is 36.7 Å². The maximum atomic E-state index is 5.82. The summed E-state index contributed by atoms with van der Waals surface area (Å²) in [4.78, 5) is 10.2. The predicted octanol–water partition coefficient (Wildman–Crippen LogP) is 3.93. The molecule has 0 N–H and O–H groups in total. The van der Waals surface area contributed by atoms with Gasteiger partial charge < -0.3 is 4.90 Å². The molecule has 0 aliphatic rings. The third-order valence-electron chi connectivity index (χ3n) is 3.02. The lowest BCUT2D eigenvalue weighted by molar-refractivity contribution is 0.874. The first-order valence-electron chi connectivity index (χ1n) is 6.74. The number of benzene rings is 1. The van der Waals surface area contributed by atoms with Crippen molar-refractivity contribution in [3.05, 3.63) is 54.1 Å². The van der Waals surface area contributed by atoms with E-state index in [2.05, 4.69) is 39.1 Å². The molecule has 0 aliphatic carbocycles. The van der Waals surface area contributed by atoms with Gasteiger partial charge in [0.1, 0.15) is 6.33 Å². The van der Waals surface area contributed by atoms with E-state index in [1.54, 1.807) is 12.5 Å². The fourth-order valence-corrected chi connectivity index (χ4v) is 2.36. The van der Waals surface area contributed by atoms with Crippen molar-refractivity contribution < 1.29 is 0 Å². The lowest BCUT2D eigenvalue weighted by atomic mass is 10.1. The van der Waals surface area contributed by atoms with Gasteiger partial charge in [0.15, 0.2) is 0 Å². The Morgan fingerprint density at radius 1 is 0.952 bits per heavy atom. The predicted molar refractivity (Wildman–Crippen MR) is 91.1 cm³/mol. The monoisotopic (exact) mass is 321 g/mol. The number of nitrogens with zero attached hydrogens (tertiary/aromatic N) is 3. The van der Waals surface area contributed by atoms with Crippen molar-refractivity contribution in [3.8, 4) is 0 Å². The minimum atomic E-state index is 0.590. The fraction of sp³-hybridized carbons (Fsp3) is 0.250. The smallest absolute Gasteiger partial charge is 0.115 e. The number of hydrogen-bond donors (Lipinski definition) is 0. The van der Waals surface area contributed by atoms with E-state index >= 15 is 0 Å². The fourth-order valence-electron chi connectivity index (χ4n) is 1.95. The maximum absolute atomic E-state index is 5.82. The second-order valence-electron chi connectivity index (χ2n) is 4.42. The number of aromatic nitrogens is 2. The van der Waals surface area contributed by atoms with E-state index in [-0.39, 0.29) is 0 Å². The molecule has 1 aromatic heterocycles. The van der Waals surface area contributed by atoms with Gasteiger partial charge in [0.05, 0.1) is 5.69 Å². The van der Waals surface area contributed by atoms with Gasteiger partial charge in [-0.05, 0) is 29.8 Å². The van der Waals surface area contributed by atoms with E-state index in [0.717, 1.165) is 30.0 Å². The molecular formula is C16H17Cl2N3. The van der Waals surface area contributed by atoms with Crippen LogP contribution in [0, 0.1) is 0 Å². The van der Waals surface area contributed by atoms with Crippen molar-refractivity contribution in [1.29, 1.82) is 0 Å². The van der Waals surface area contributed by atoms with Crippen LogP contribution in [0.15, 0.2) is 42.9 Å². The number of anilines is 1. The summed E-state index contributed by atoms with van der Waals surface area (Å²) in [5, 5.41) is 0. The van der Waals surface area contributed by atoms with Gasteiger partial charge in [-0.3, -0.25) is 0 Å². The molecule has 0 fully saturated rings. The Hall–Kier alpha value is -1.58. The average Bonchev–Trinajstić information content (AvgIpc) is 2.54. The first kappa shape index (κ1) is 15.8. The molecule has 0 aliphatic heterocycles. The van der Waals surface area contributed by atoms with Crippen LogP contribution in [0.4, 0.5) is 5.69 Å². The highest BCUT2D eigenvalue weighted by atomic mass is 35.5. The first-order valence-corrected chi connectivity index (χ1v) is 7.81. The lowest BCUT2D eigenvalue weighted by Gasteiger charge is -2.22. The molecule has 21 heavy (non-hydrogen) atoms. The normalized spacial score (nSPS) is 11.0. The summed E-state index contributed by atoms with van der Waals surface area (Å²) in [6, 6.07) is 10.2. The number of hydrogen-bond acceptors (Lipinski definition) is 3. The summed E-state index contributed by atoms with van der Waals surface area (Å²) in [7, 11) is 0. The Morgan fingerprint density at radius 2 is 1.67 bits per heavy atom. The zero-order valence-electron chi connectivity index (χ0n) is 11.6. The molecule has 0 amide bonds. The second kappa shape index (κ2) is 8.65. The number of halogens is 2. The summed E-state index contributed by atoms with van der Waals surface area (Å²) in [5.41, 5.74) is 3.14.